The van der Waals surface area contributed by atoms with Crippen molar-refractivity contribution >= 4 is 25.7 Å². The highest BCUT2D eigenvalue weighted by atomic mass is 32.2. The Morgan fingerprint density at radius 3 is 2.20 bits per heavy atom. The number of hydrogen-bond donors (Lipinski definition) is 2. The summed E-state index contributed by atoms with van der Waals surface area (Å²) in [5.41, 5.74) is 0.365. The second-order valence-electron chi connectivity index (χ2n) is 4.84. The van der Waals surface area contributed by atoms with Crippen LogP contribution in [0.1, 0.15) is 26.2 Å². The highest BCUT2D eigenvalue weighted by Crippen LogP contribution is 2.23. The molecule has 0 amide bonds. The van der Waals surface area contributed by atoms with Gasteiger partial charge in [0.1, 0.15) is 0 Å². The Bertz CT molecular complexity index is 662. The average Bonchev–Trinajstić information content (AvgIpc) is 3.12. The lowest BCUT2D eigenvalue weighted by atomic mass is 10.3. The second kappa shape index (κ2) is 5.71. The zero-order valence-corrected chi connectivity index (χ0v) is 12.8. The summed E-state index contributed by atoms with van der Waals surface area (Å²) in [7, 11) is -6.85. The van der Waals surface area contributed by atoms with E-state index >= 15 is 0 Å². The highest BCUT2D eigenvalue weighted by molar-refractivity contribution is 7.92. The Hall–Kier alpha value is -1.12. The van der Waals surface area contributed by atoms with Gasteiger partial charge in [-0.15, -0.1) is 0 Å². The monoisotopic (exact) mass is 318 g/mol. The van der Waals surface area contributed by atoms with Gasteiger partial charge in [0.05, 0.1) is 10.6 Å². The van der Waals surface area contributed by atoms with E-state index in [1.807, 2.05) is 0 Å². The molecule has 0 saturated heterocycles. The molecule has 0 spiro atoms. The molecular weight excluding hydrogens is 300 g/mol. The number of sulfonamides is 2. The van der Waals surface area contributed by atoms with Crippen LogP contribution in [-0.4, -0.2) is 28.6 Å². The lowest BCUT2D eigenvalue weighted by molar-refractivity contribution is 0.581. The Labute approximate surface area is 119 Å². The summed E-state index contributed by atoms with van der Waals surface area (Å²) >= 11 is 0. The van der Waals surface area contributed by atoms with Crippen molar-refractivity contribution in [2.45, 2.75) is 37.1 Å². The summed E-state index contributed by atoms with van der Waals surface area (Å²) in [6.07, 6.45) is 2.26. The summed E-state index contributed by atoms with van der Waals surface area (Å²) < 4.78 is 52.0. The van der Waals surface area contributed by atoms with Crippen LogP contribution >= 0.6 is 0 Å². The maximum absolute atomic E-state index is 11.9. The minimum absolute atomic E-state index is 0.0380. The topological polar surface area (TPSA) is 92.3 Å². The molecule has 1 aliphatic carbocycles. The van der Waals surface area contributed by atoms with E-state index in [4.69, 9.17) is 0 Å². The maximum Gasteiger partial charge on any atom is 0.240 e. The molecule has 1 fully saturated rings. The molecule has 0 radical (unpaired) electrons. The van der Waals surface area contributed by atoms with Gasteiger partial charge < -0.3 is 0 Å². The second-order valence-corrected chi connectivity index (χ2v) is 8.40. The van der Waals surface area contributed by atoms with E-state index in [9.17, 15) is 16.8 Å². The molecule has 0 aliphatic heterocycles. The molecule has 0 aromatic heterocycles. The third kappa shape index (κ3) is 4.19. The lowest BCUT2D eigenvalue weighted by Gasteiger charge is -2.09. The van der Waals surface area contributed by atoms with Crippen LogP contribution in [0.4, 0.5) is 5.69 Å². The molecule has 1 aliphatic rings. The Kier molecular flexibility index (Phi) is 4.36. The van der Waals surface area contributed by atoms with Gasteiger partial charge in [0.2, 0.25) is 20.0 Å². The van der Waals surface area contributed by atoms with E-state index in [1.54, 1.807) is 6.92 Å². The van der Waals surface area contributed by atoms with Crippen molar-refractivity contribution in [1.82, 2.24) is 4.72 Å². The van der Waals surface area contributed by atoms with Crippen LogP contribution in [0.25, 0.3) is 0 Å². The van der Waals surface area contributed by atoms with Gasteiger partial charge in [-0.25, -0.2) is 21.6 Å². The van der Waals surface area contributed by atoms with Crippen molar-refractivity contribution in [2.75, 3.05) is 10.5 Å². The van der Waals surface area contributed by atoms with Gasteiger partial charge in [-0.05, 0) is 43.5 Å². The zero-order valence-electron chi connectivity index (χ0n) is 11.2. The molecule has 0 unspecified atom stereocenters. The van der Waals surface area contributed by atoms with Gasteiger partial charge in [-0.2, -0.15) is 0 Å². The van der Waals surface area contributed by atoms with Crippen molar-refractivity contribution in [3.05, 3.63) is 24.3 Å². The minimum atomic E-state index is -3.49. The number of hydrogen-bond acceptors (Lipinski definition) is 4. The van der Waals surface area contributed by atoms with E-state index in [0.29, 0.717) is 12.1 Å². The normalized spacial score (nSPS) is 16.1. The number of anilines is 1. The van der Waals surface area contributed by atoms with Crippen molar-refractivity contribution in [3.8, 4) is 0 Å². The van der Waals surface area contributed by atoms with Gasteiger partial charge >= 0.3 is 0 Å². The van der Waals surface area contributed by atoms with Gasteiger partial charge in [0.25, 0.3) is 0 Å². The molecule has 2 N–H and O–H groups in total. The van der Waals surface area contributed by atoms with Gasteiger partial charge in [0, 0.05) is 11.7 Å². The predicted octanol–water partition coefficient (Wildman–Crippen LogP) is 1.28. The van der Waals surface area contributed by atoms with E-state index in [0.717, 1.165) is 12.8 Å². The fourth-order valence-electron chi connectivity index (χ4n) is 1.69. The third-order valence-electron chi connectivity index (χ3n) is 2.81. The molecule has 1 aromatic carbocycles. The molecule has 2 rings (SSSR count). The van der Waals surface area contributed by atoms with Gasteiger partial charge in [0.15, 0.2) is 0 Å². The molecule has 0 atom stereocenters. The first-order valence-corrected chi connectivity index (χ1v) is 9.59. The van der Waals surface area contributed by atoms with Crippen LogP contribution in [-0.2, 0) is 20.0 Å². The number of nitrogens with one attached hydrogen (secondary N) is 2. The Morgan fingerprint density at radius 1 is 1.10 bits per heavy atom. The predicted molar refractivity (Wildman–Crippen MR) is 77.5 cm³/mol. The molecule has 112 valence electrons. The maximum atomic E-state index is 11.9. The van der Waals surface area contributed by atoms with E-state index in [-0.39, 0.29) is 16.7 Å². The molecule has 20 heavy (non-hydrogen) atoms. The molecule has 0 bridgehead atoms. The first-order chi connectivity index (χ1) is 9.32. The van der Waals surface area contributed by atoms with Crippen molar-refractivity contribution in [3.63, 3.8) is 0 Å². The van der Waals surface area contributed by atoms with Crippen molar-refractivity contribution in [1.29, 1.82) is 0 Å². The van der Waals surface area contributed by atoms with E-state index in [1.165, 1.54) is 24.3 Å². The van der Waals surface area contributed by atoms with Gasteiger partial charge in [-0.3, -0.25) is 4.72 Å². The summed E-state index contributed by atoms with van der Waals surface area (Å²) in [4.78, 5) is 0.142. The van der Waals surface area contributed by atoms with E-state index < -0.39 is 20.0 Å². The van der Waals surface area contributed by atoms with Crippen LogP contribution < -0.4 is 9.44 Å². The van der Waals surface area contributed by atoms with Crippen LogP contribution in [0.3, 0.4) is 0 Å². The number of rotatable bonds is 7. The molecule has 0 heterocycles. The Morgan fingerprint density at radius 2 is 1.70 bits per heavy atom. The van der Waals surface area contributed by atoms with Crippen molar-refractivity contribution in [2.24, 2.45) is 0 Å². The summed E-state index contributed by atoms with van der Waals surface area (Å²) in [6, 6.07) is 5.74. The van der Waals surface area contributed by atoms with Gasteiger partial charge in [-0.1, -0.05) is 6.92 Å². The standard InChI is InChI=1S/C12H18N2O4S2/c1-2-9-19(15,16)13-10-5-7-12(8-6-10)20(17,18)14-11-3-4-11/h5-8,11,13-14H,2-4,9H2,1H3. The fraction of sp³-hybridized carbons (Fsp3) is 0.500. The first kappa shape index (κ1) is 15.3. The lowest BCUT2D eigenvalue weighted by Crippen LogP contribution is -2.25. The van der Waals surface area contributed by atoms with Crippen molar-refractivity contribution < 1.29 is 16.8 Å². The fourth-order valence-corrected chi connectivity index (χ4v) is 4.13. The zero-order chi connectivity index (χ0) is 14.8. The molecule has 1 saturated carbocycles. The number of benzene rings is 1. The molecule has 1 aromatic rings. The summed E-state index contributed by atoms with van der Waals surface area (Å²) in [5, 5.41) is 0. The van der Waals surface area contributed by atoms with Crippen LogP contribution in [0, 0.1) is 0 Å². The molecular formula is C12H18N2O4S2. The smallest absolute Gasteiger partial charge is 0.240 e. The molecule has 8 heteroatoms. The average molecular weight is 318 g/mol. The quantitative estimate of drug-likeness (QED) is 0.792. The van der Waals surface area contributed by atoms with Crippen LogP contribution in [0.5, 0.6) is 0 Å². The van der Waals surface area contributed by atoms with E-state index in [2.05, 4.69) is 9.44 Å². The largest absolute Gasteiger partial charge is 0.284 e. The molecule has 6 nitrogen and oxygen atoms in total. The Balaban J connectivity index is 2.10. The summed E-state index contributed by atoms with van der Waals surface area (Å²) in [5.74, 6) is 0.0380. The minimum Gasteiger partial charge on any atom is -0.284 e. The third-order valence-corrected chi connectivity index (χ3v) is 5.84. The van der Waals surface area contributed by atoms with Crippen LogP contribution in [0.15, 0.2) is 29.2 Å². The van der Waals surface area contributed by atoms with Crippen LogP contribution in [0.2, 0.25) is 0 Å². The first-order valence-electron chi connectivity index (χ1n) is 6.45. The highest BCUT2D eigenvalue weighted by Gasteiger charge is 2.27. The SMILES string of the molecule is CCCS(=O)(=O)Nc1ccc(S(=O)(=O)NC2CC2)cc1. The summed E-state index contributed by atoms with van der Waals surface area (Å²) in [6.45, 7) is 1.78.